The zero-order valence-electron chi connectivity index (χ0n) is 20.7. The number of nitrogens with zero attached hydrogens (tertiary/aromatic N) is 3. The van der Waals surface area contributed by atoms with E-state index in [9.17, 15) is 0 Å². The highest BCUT2D eigenvalue weighted by Gasteiger charge is 2.34. The van der Waals surface area contributed by atoms with Gasteiger partial charge >= 0.3 is 6.85 Å². The maximum Gasteiger partial charge on any atom is 0.402 e. The molecule has 0 saturated carbocycles. The van der Waals surface area contributed by atoms with Crippen molar-refractivity contribution >= 4 is 35.4 Å². The predicted octanol–water partition coefficient (Wildman–Crippen LogP) is 2.17. The maximum absolute atomic E-state index is 7.76. The fourth-order valence-electron chi connectivity index (χ4n) is 3.52. The lowest BCUT2D eigenvalue weighted by Crippen LogP contribution is -2.50. The van der Waals surface area contributed by atoms with Gasteiger partial charge in [0, 0.05) is 30.6 Å². The summed E-state index contributed by atoms with van der Waals surface area (Å²) in [5.74, 6) is 2.88. The molecule has 0 atom stereocenters. The molecule has 1 aliphatic rings. The molecule has 5 heteroatoms. The molecule has 0 bridgehead atoms. The number of hydrogen-bond donors (Lipinski definition) is 0. The average Bonchev–Trinajstić information content (AvgIpc) is 3.00. The molecule has 0 aromatic carbocycles. The van der Waals surface area contributed by atoms with Gasteiger partial charge in [0.15, 0.2) is 5.42 Å². The first-order valence-electron chi connectivity index (χ1n) is 11.2. The number of furan rings is 1. The molecule has 0 saturated heterocycles. The van der Waals surface area contributed by atoms with Gasteiger partial charge in [-0.25, -0.2) is 9.55 Å². The van der Waals surface area contributed by atoms with Crippen LogP contribution in [0.4, 0.5) is 5.82 Å². The second kappa shape index (κ2) is 5.48. The molecule has 0 amide bonds. The van der Waals surface area contributed by atoms with E-state index in [1.54, 1.807) is 23.8 Å². The smallest absolute Gasteiger partial charge is 0.402 e. The predicted molar refractivity (Wildman–Crippen MR) is 103 cm³/mol. The molecule has 0 unspecified atom stereocenters. The van der Waals surface area contributed by atoms with Crippen molar-refractivity contribution in [2.45, 2.75) is 34.4 Å². The van der Waals surface area contributed by atoms with Crippen LogP contribution >= 0.6 is 0 Å². The van der Waals surface area contributed by atoms with Crippen molar-refractivity contribution in [1.29, 1.82) is 0 Å². The minimum atomic E-state index is -2.31. The molecule has 3 aromatic rings. The van der Waals surface area contributed by atoms with Crippen molar-refractivity contribution in [3.63, 3.8) is 0 Å². The van der Waals surface area contributed by atoms with E-state index < -0.39 is 13.7 Å². The SMILES string of the molecule is [2H]C([2H])([2H])c1ccc2c3c(oc2n1)=C(C)N(c1cc(C)c(C([2H])([2H])[2H])c[n+]1C)B(C)C=3. The molecule has 1 aliphatic heterocycles. The molecule has 0 aliphatic carbocycles. The van der Waals surface area contributed by atoms with Gasteiger partial charge in [0.25, 0.3) is 5.82 Å². The summed E-state index contributed by atoms with van der Waals surface area (Å²) in [5, 5.41) is 1.66. The fraction of sp³-hybridized carbons (Fsp3) is 0.300. The lowest BCUT2D eigenvalue weighted by Gasteiger charge is -2.23. The minimum absolute atomic E-state index is 0.00377. The zero-order valence-corrected chi connectivity index (χ0v) is 14.7. The van der Waals surface area contributed by atoms with Gasteiger partial charge in [-0.3, -0.25) is 4.81 Å². The van der Waals surface area contributed by atoms with Crippen molar-refractivity contribution in [2.24, 2.45) is 7.05 Å². The first-order chi connectivity index (χ1) is 14.3. The van der Waals surface area contributed by atoms with Crippen LogP contribution < -0.4 is 20.0 Å². The van der Waals surface area contributed by atoms with Gasteiger partial charge in [0.2, 0.25) is 5.71 Å². The van der Waals surface area contributed by atoms with Gasteiger partial charge in [0.1, 0.15) is 5.70 Å². The third-order valence-electron chi connectivity index (χ3n) is 4.80. The molecule has 4 nitrogen and oxygen atoms in total. The summed E-state index contributed by atoms with van der Waals surface area (Å²) in [6, 6.07) is 5.13. The Kier molecular flexibility index (Phi) is 2.29. The van der Waals surface area contributed by atoms with Gasteiger partial charge in [-0.05, 0) is 57.6 Å². The summed E-state index contributed by atoms with van der Waals surface area (Å²) in [6.07, 6.45) is 1.65. The van der Waals surface area contributed by atoms with E-state index in [1.807, 2.05) is 26.9 Å². The van der Waals surface area contributed by atoms with E-state index in [0.29, 0.717) is 22.3 Å². The van der Waals surface area contributed by atoms with Crippen molar-refractivity contribution in [3.8, 4) is 0 Å². The Labute approximate surface area is 156 Å². The second-order valence-corrected chi connectivity index (χ2v) is 6.60. The highest BCUT2D eigenvalue weighted by Crippen LogP contribution is 2.22. The highest BCUT2D eigenvalue weighted by atomic mass is 16.3. The number of anilines is 1. The van der Waals surface area contributed by atoms with E-state index in [-0.39, 0.29) is 12.5 Å². The van der Waals surface area contributed by atoms with Crippen molar-refractivity contribution in [1.82, 2.24) is 4.98 Å². The topological polar surface area (TPSA) is 33.2 Å². The van der Waals surface area contributed by atoms with Crippen molar-refractivity contribution in [2.75, 3.05) is 4.81 Å². The van der Waals surface area contributed by atoms with Crippen molar-refractivity contribution in [3.05, 3.63) is 51.9 Å². The largest absolute Gasteiger partial charge is 0.434 e. The van der Waals surface area contributed by atoms with Gasteiger partial charge in [0.05, 0.1) is 13.2 Å². The van der Waals surface area contributed by atoms with Crippen LogP contribution in [0.15, 0.2) is 28.8 Å². The van der Waals surface area contributed by atoms with Crippen LogP contribution in [0.3, 0.4) is 0 Å². The molecule has 25 heavy (non-hydrogen) atoms. The zero-order chi connectivity index (χ0) is 22.9. The van der Waals surface area contributed by atoms with E-state index in [0.717, 1.165) is 22.1 Å². The van der Waals surface area contributed by atoms with Gasteiger partial charge < -0.3 is 4.42 Å². The Morgan fingerprint density at radius 1 is 1.24 bits per heavy atom. The van der Waals surface area contributed by atoms with E-state index in [1.165, 1.54) is 6.07 Å². The van der Waals surface area contributed by atoms with Crippen LogP contribution in [0.2, 0.25) is 6.82 Å². The molecular formula is C20H23BN3O+. The number of aromatic nitrogens is 2. The number of rotatable bonds is 1. The first kappa shape index (κ1) is 10.4. The standard InChI is InChI=1S/C20H23BN3O/c1-12-9-18(23(6)11-13(12)2)24-15(4)19-17(10-21(24)5)16-8-7-14(3)22-20(16)25-19/h7-11H,1-6H3/q+1/i2D3,3D3. The summed E-state index contributed by atoms with van der Waals surface area (Å²) in [7, 11) is 1.82. The Morgan fingerprint density at radius 2 is 2.08 bits per heavy atom. The summed E-state index contributed by atoms with van der Waals surface area (Å²) in [4.78, 5) is 6.31. The molecule has 0 spiro atoms. The summed E-state index contributed by atoms with van der Waals surface area (Å²) in [6.45, 7) is 1.24. The Bertz CT molecular complexity index is 1330. The van der Waals surface area contributed by atoms with Crippen LogP contribution in [0.5, 0.6) is 0 Å². The Balaban J connectivity index is 1.92. The maximum atomic E-state index is 7.76. The van der Waals surface area contributed by atoms with Crippen LogP contribution in [-0.2, 0) is 7.05 Å². The number of hydrogen-bond acceptors (Lipinski definition) is 3. The third-order valence-corrected chi connectivity index (χ3v) is 4.80. The lowest BCUT2D eigenvalue weighted by atomic mass is 9.60. The van der Waals surface area contributed by atoms with Gasteiger partial charge in [-0.2, -0.15) is 0 Å². The Hall–Kier alpha value is -2.56. The summed E-state index contributed by atoms with van der Waals surface area (Å²) in [5.41, 5.74) is 2.76. The number of aryl methyl sites for hydroxylation is 4. The van der Waals surface area contributed by atoms with Crippen LogP contribution in [-0.4, -0.2) is 11.8 Å². The van der Waals surface area contributed by atoms with Crippen LogP contribution in [0.1, 0.15) is 32.0 Å². The molecule has 4 rings (SSSR count). The molecule has 4 heterocycles. The Morgan fingerprint density at radius 3 is 2.84 bits per heavy atom. The molecule has 0 fully saturated rings. The lowest BCUT2D eigenvalue weighted by molar-refractivity contribution is -0.658. The highest BCUT2D eigenvalue weighted by molar-refractivity contribution is 6.77. The van der Waals surface area contributed by atoms with E-state index >= 15 is 0 Å². The molecular weight excluding hydrogens is 309 g/mol. The van der Waals surface area contributed by atoms with Gasteiger partial charge in [-0.1, -0.05) is 5.98 Å². The fourth-order valence-corrected chi connectivity index (χ4v) is 3.52. The summed E-state index contributed by atoms with van der Waals surface area (Å²) >= 11 is 0. The van der Waals surface area contributed by atoms with Crippen LogP contribution in [0, 0.1) is 20.6 Å². The van der Waals surface area contributed by atoms with Gasteiger partial charge in [-0.15, -0.1) is 0 Å². The molecule has 126 valence electrons. The third kappa shape index (κ3) is 2.37. The average molecular weight is 338 g/mol. The van der Waals surface area contributed by atoms with E-state index in [4.69, 9.17) is 12.6 Å². The molecule has 3 aromatic heterocycles. The first-order valence-corrected chi connectivity index (χ1v) is 8.22. The number of pyridine rings is 2. The minimum Gasteiger partial charge on any atom is -0.434 e. The van der Waals surface area contributed by atoms with Crippen LogP contribution in [0.25, 0.3) is 22.8 Å². The normalized spacial score (nSPS) is 18.6. The number of fused-ring (bicyclic) bond motifs is 3. The second-order valence-electron chi connectivity index (χ2n) is 6.60. The summed E-state index contributed by atoms with van der Waals surface area (Å²) < 4.78 is 53.9. The monoisotopic (exact) mass is 338 g/mol. The van der Waals surface area contributed by atoms with Crippen molar-refractivity contribution < 1.29 is 17.2 Å². The quantitative estimate of drug-likeness (QED) is 0.504. The molecule has 0 N–H and O–H groups in total. The van der Waals surface area contributed by atoms with E-state index in [2.05, 4.69) is 15.8 Å². The molecule has 0 radical (unpaired) electrons.